The lowest BCUT2D eigenvalue weighted by Crippen LogP contribution is -2.19. The number of carbonyl (C=O) groups is 1. The molecule has 0 aromatic heterocycles. The first-order valence-corrected chi connectivity index (χ1v) is 10.1. The van der Waals surface area contributed by atoms with Crippen LogP contribution in [0.1, 0.15) is 27.0 Å². The number of hydrogen-bond donors (Lipinski definition) is 2. The first-order valence-electron chi connectivity index (χ1n) is 9.30. The lowest BCUT2D eigenvalue weighted by Gasteiger charge is -2.11. The Labute approximate surface area is 183 Å². The molecule has 3 aromatic carbocycles. The summed E-state index contributed by atoms with van der Waals surface area (Å²) in [4.78, 5) is 12.7. The summed E-state index contributed by atoms with van der Waals surface area (Å²) in [7, 11) is 0. The van der Waals surface area contributed by atoms with E-state index < -0.39 is 5.91 Å². The third-order valence-electron chi connectivity index (χ3n) is 4.31. The number of phenolic OH excluding ortho intramolecular Hbond substituents is 1. The van der Waals surface area contributed by atoms with Crippen LogP contribution >= 0.6 is 15.9 Å². The second kappa shape index (κ2) is 10.4. The highest BCUT2D eigenvalue weighted by atomic mass is 79.9. The first-order chi connectivity index (χ1) is 14.6. The molecular formula is C24H21BrN2O3. The molecule has 0 bridgehead atoms. The fourth-order valence-corrected chi connectivity index (χ4v) is 3.16. The lowest BCUT2D eigenvalue weighted by atomic mass is 10.1. The molecule has 0 aliphatic carbocycles. The monoisotopic (exact) mass is 464 g/mol. The number of benzene rings is 3. The molecule has 0 saturated carbocycles. The summed E-state index contributed by atoms with van der Waals surface area (Å²) in [5.41, 5.74) is 5.08. The Morgan fingerprint density at radius 1 is 1.13 bits per heavy atom. The molecule has 0 radical (unpaired) electrons. The van der Waals surface area contributed by atoms with E-state index in [0.717, 1.165) is 15.6 Å². The average molecular weight is 465 g/mol. The summed E-state index contributed by atoms with van der Waals surface area (Å²) in [6.07, 6.45) is 3.66. The van der Waals surface area contributed by atoms with Crippen LogP contribution < -0.4 is 10.2 Å². The van der Waals surface area contributed by atoms with Gasteiger partial charge in [-0.15, -0.1) is 6.58 Å². The molecule has 6 heteroatoms. The van der Waals surface area contributed by atoms with Crippen LogP contribution in [-0.2, 0) is 13.0 Å². The maximum atomic E-state index is 12.7. The Kier molecular flexibility index (Phi) is 7.40. The number of nitrogens with one attached hydrogen (secondary N) is 1. The van der Waals surface area contributed by atoms with Crippen LogP contribution in [0.15, 0.2) is 89.0 Å². The van der Waals surface area contributed by atoms with Crippen molar-refractivity contribution in [2.45, 2.75) is 13.0 Å². The molecule has 0 aliphatic rings. The molecule has 5 nitrogen and oxygen atoms in total. The van der Waals surface area contributed by atoms with Gasteiger partial charge in [0.05, 0.1) is 11.8 Å². The molecule has 30 heavy (non-hydrogen) atoms. The van der Waals surface area contributed by atoms with Gasteiger partial charge in [-0.1, -0.05) is 64.5 Å². The largest absolute Gasteiger partial charge is 0.507 e. The molecule has 1 amide bonds. The van der Waals surface area contributed by atoms with Crippen molar-refractivity contribution in [1.29, 1.82) is 0 Å². The maximum absolute atomic E-state index is 12.7. The summed E-state index contributed by atoms with van der Waals surface area (Å²) in [6, 6.07) is 20.3. The average Bonchev–Trinajstić information content (AvgIpc) is 2.76. The molecule has 0 fully saturated rings. The minimum absolute atomic E-state index is 0.115. The third-order valence-corrected chi connectivity index (χ3v) is 4.80. The third kappa shape index (κ3) is 5.58. The molecule has 0 saturated heterocycles. The number of carbonyl (C=O) groups excluding carboxylic acids is 1. The summed E-state index contributed by atoms with van der Waals surface area (Å²) in [5.74, 6) is 0.146. The number of phenols is 1. The van der Waals surface area contributed by atoms with Gasteiger partial charge in [-0.25, -0.2) is 5.43 Å². The van der Waals surface area contributed by atoms with Gasteiger partial charge in [0, 0.05) is 10.0 Å². The Balaban J connectivity index is 1.72. The summed E-state index contributed by atoms with van der Waals surface area (Å²) in [6.45, 7) is 4.02. The van der Waals surface area contributed by atoms with Crippen molar-refractivity contribution in [1.82, 2.24) is 5.43 Å². The predicted molar refractivity (Wildman–Crippen MR) is 122 cm³/mol. The van der Waals surface area contributed by atoms with E-state index in [9.17, 15) is 9.90 Å². The van der Waals surface area contributed by atoms with Gasteiger partial charge < -0.3 is 9.84 Å². The van der Waals surface area contributed by atoms with E-state index >= 15 is 0 Å². The Morgan fingerprint density at radius 2 is 1.93 bits per heavy atom. The van der Waals surface area contributed by atoms with E-state index in [4.69, 9.17) is 4.74 Å². The molecular weight excluding hydrogens is 444 g/mol. The molecule has 0 aliphatic heterocycles. The molecule has 0 unspecified atom stereocenters. The van der Waals surface area contributed by atoms with Gasteiger partial charge in [-0.3, -0.25) is 4.79 Å². The highest BCUT2D eigenvalue weighted by molar-refractivity contribution is 9.10. The molecule has 152 valence electrons. The van der Waals surface area contributed by atoms with E-state index in [1.807, 2.05) is 48.5 Å². The Morgan fingerprint density at radius 3 is 2.70 bits per heavy atom. The van der Waals surface area contributed by atoms with Crippen molar-refractivity contribution < 1.29 is 14.6 Å². The maximum Gasteiger partial charge on any atom is 0.275 e. The quantitative estimate of drug-likeness (QED) is 0.272. The first kappa shape index (κ1) is 21.3. The Hall–Kier alpha value is -3.38. The number of para-hydroxylation sites is 1. The molecule has 3 rings (SSSR count). The molecule has 0 atom stereocenters. The normalized spacial score (nSPS) is 10.7. The van der Waals surface area contributed by atoms with Crippen LogP contribution in [0.5, 0.6) is 11.5 Å². The SMILES string of the molecule is C=CCc1cccc(C=NNC(=O)c2cc(Br)ccc2OCc2ccccc2)c1O. The van der Waals surface area contributed by atoms with Crippen LogP contribution in [0.25, 0.3) is 0 Å². The van der Waals surface area contributed by atoms with Crippen molar-refractivity contribution in [2.24, 2.45) is 5.10 Å². The topological polar surface area (TPSA) is 70.9 Å². The second-order valence-electron chi connectivity index (χ2n) is 6.46. The van der Waals surface area contributed by atoms with E-state index in [-0.39, 0.29) is 5.75 Å². The fraction of sp³-hybridized carbons (Fsp3) is 0.0833. The number of aromatic hydroxyl groups is 1. The number of hydrazone groups is 1. The minimum atomic E-state index is -0.419. The summed E-state index contributed by atoms with van der Waals surface area (Å²) < 4.78 is 6.59. The van der Waals surface area contributed by atoms with Crippen molar-refractivity contribution in [3.8, 4) is 11.5 Å². The van der Waals surface area contributed by atoms with Crippen LogP contribution in [0.4, 0.5) is 0 Å². The molecule has 0 spiro atoms. The van der Waals surface area contributed by atoms with Crippen LogP contribution in [0, 0.1) is 0 Å². The van der Waals surface area contributed by atoms with E-state index in [1.165, 1.54) is 6.21 Å². The number of rotatable bonds is 8. The van der Waals surface area contributed by atoms with Gasteiger partial charge in [0.2, 0.25) is 0 Å². The van der Waals surface area contributed by atoms with E-state index in [0.29, 0.717) is 29.9 Å². The van der Waals surface area contributed by atoms with Crippen LogP contribution in [-0.4, -0.2) is 17.2 Å². The van der Waals surface area contributed by atoms with Crippen molar-refractivity contribution in [2.75, 3.05) is 0 Å². The Bertz CT molecular complexity index is 1070. The highest BCUT2D eigenvalue weighted by Gasteiger charge is 2.13. The van der Waals surface area contributed by atoms with Crippen molar-refractivity contribution in [3.63, 3.8) is 0 Å². The van der Waals surface area contributed by atoms with Gasteiger partial charge >= 0.3 is 0 Å². The smallest absolute Gasteiger partial charge is 0.275 e. The second-order valence-corrected chi connectivity index (χ2v) is 7.38. The van der Waals surface area contributed by atoms with Gasteiger partial charge in [0.25, 0.3) is 5.91 Å². The zero-order valence-corrected chi connectivity index (χ0v) is 17.8. The number of allylic oxidation sites excluding steroid dienone is 1. The number of amides is 1. The zero-order valence-electron chi connectivity index (χ0n) is 16.2. The predicted octanol–water partition coefficient (Wildman–Crippen LogP) is 5.23. The van der Waals surface area contributed by atoms with Gasteiger partial charge in [0.1, 0.15) is 18.1 Å². The van der Waals surface area contributed by atoms with Gasteiger partial charge in [0.15, 0.2) is 0 Å². The summed E-state index contributed by atoms with van der Waals surface area (Å²) >= 11 is 3.38. The highest BCUT2D eigenvalue weighted by Crippen LogP contribution is 2.25. The number of nitrogens with zero attached hydrogens (tertiary/aromatic N) is 1. The number of ether oxygens (including phenoxy) is 1. The van der Waals surface area contributed by atoms with E-state index in [1.54, 1.807) is 24.3 Å². The standard InChI is InChI=1S/C24H21BrN2O3/c1-2-7-18-10-6-11-19(23(18)28)15-26-27-24(29)21-14-20(25)12-13-22(21)30-16-17-8-4-3-5-9-17/h2-6,8-15,28H,1,7,16H2,(H,27,29). The number of halogens is 1. The zero-order chi connectivity index (χ0) is 21.3. The molecule has 3 aromatic rings. The molecule has 0 heterocycles. The van der Waals surface area contributed by atoms with Crippen LogP contribution in [0.3, 0.4) is 0 Å². The van der Waals surface area contributed by atoms with Gasteiger partial charge in [-0.05, 0) is 41.8 Å². The van der Waals surface area contributed by atoms with Crippen LogP contribution in [0.2, 0.25) is 0 Å². The van der Waals surface area contributed by atoms with E-state index in [2.05, 4.69) is 33.0 Å². The van der Waals surface area contributed by atoms with Crippen molar-refractivity contribution >= 4 is 28.1 Å². The van der Waals surface area contributed by atoms with Gasteiger partial charge in [-0.2, -0.15) is 5.10 Å². The molecule has 2 N–H and O–H groups in total. The minimum Gasteiger partial charge on any atom is -0.507 e. The number of hydrogen-bond acceptors (Lipinski definition) is 4. The fourth-order valence-electron chi connectivity index (χ4n) is 2.80. The lowest BCUT2D eigenvalue weighted by molar-refractivity contribution is 0.0950. The van der Waals surface area contributed by atoms with Crippen molar-refractivity contribution in [3.05, 3.63) is 106 Å². The summed E-state index contributed by atoms with van der Waals surface area (Å²) in [5, 5.41) is 14.3.